The number of pyridine rings is 1. The van der Waals surface area contributed by atoms with Crippen LogP contribution >= 0.6 is 0 Å². The van der Waals surface area contributed by atoms with Crippen LogP contribution in [0.2, 0.25) is 0 Å². The quantitative estimate of drug-likeness (QED) is 0.149. The summed E-state index contributed by atoms with van der Waals surface area (Å²) in [5, 5.41) is 34.2. The van der Waals surface area contributed by atoms with Crippen molar-refractivity contribution in [3.05, 3.63) is 246 Å². The molecule has 0 fully saturated rings. The lowest BCUT2D eigenvalue weighted by Gasteiger charge is -2.21. The first-order valence-electron chi connectivity index (χ1n) is 23.1. The number of hydrogen-bond acceptors (Lipinski definition) is 4. The summed E-state index contributed by atoms with van der Waals surface area (Å²) >= 11 is 0. The summed E-state index contributed by atoms with van der Waals surface area (Å²) < 4.78 is 4.53. The Hall–Kier alpha value is -10.8. The Balaban J connectivity index is 1.16. The minimum Gasteiger partial charge on any atom is -0.308 e. The fourth-order valence-electron chi connectivity index (χ4n) is 10.1. The maximum Gasteiger partial charge on any atom is 0.187 e. The van der Waals surface area contributed by atoms with Crippen LogP contribution in [0.4, 0.5) is 11.4 Å². The second-order valence-corrected chi connectivity index (χ2v) is 17.5. The van der Waals surface area contributed by atoms with E-state index in [4.69, 9.17) is 13.1 Å². The topological polar surface area (TPSA) is 103 Å². The molecule has 0 spiro atoms. The molecule has 72 heavy (non-hydrogen) atoms. The first-order chi connectivity index (χ1) is 35.4. The van der Waals surface area contributed by atoms with Crippen LogP contribution in [0.25, 0.3) is 120 Å². The molecule has 0 aliphatic rings. The number of nitriles is 3. The summed E-state index contributed by atoms with van der Waals surface area (Å²) in [5.41, 5.74) is 17.8. The molecular weight excluding hydrogens is 881 g/mol. The molecule has 0 amide bonds. The van der Waals surface area contributed by atoms with Crippen LogP contribution in [0.3, 0.4) is 0 Å². The molecule has 0 aliphatic carbocycles. The highest BCUT2D eigenvalue weighted by molar-refractivity contribution is 6.14. The van der Waals surface area contributed by atoms with Gasteiger partial charge in [0, 0.05) is 39.5 Å². The lowest BCUT2D eigenvalue weighted by atomic mass is 9.98. The van der Waals surface area contributed by atoms with Gasteiger partial charge in [0.25, 0.3) is 0 Å². The van der Waals surface area contributed by atoms with Crippen LogP contribution in [-0.2, 0) is 0 Å². The lowest BCUT2D eigenvalue weighted by molar-refractivity contribution is 1.13. The molecular formula is C64H34N8. The average Bonchev–Trinajstić information content (AvgIpc) is 3.96. The fraction of sp³-hybridized carbons (Fsp3) is 0. The monoisotopic (exact) mass is 914 g/mol. The van der Waals surface area contributed by atoms with Crippen LogP contribution < -0.4 is 0 Å². The molecule has 3 aromatic heterocycles. The Kier molecular flexibility index (Phi) is 10.3. The Morgan fingerprint density at radius 1 is 0.333 bits per heavy atom. The van der Waals surface area contributed by atoms with Crippen LogP contribution in [-0.4, -0.2) is 14.1 Å². The van der Waals surface area contributed by atoms with Crippen LogP contribution in [0.5, 0.6) is 0 Å². The number of benzene rings is 9. The van der Waals surface area contributed by atoms with Gasteiger partial charge in [0.15, 0.2) is 11.4 Å². The van der Waals surface area contributed by atoms with E-state index in [1.165, 1.54) is 0 Å². The summed E-state index contributed by atoms with van der Waals surface area (Å²) in [7, 11) is 0. The van der Waals surface area contributed by atoms with Crippen molar-refractivity contribution in [2.45, 2.75) is 0 Å². The normalized spacial score (nSPS) is 11.0. The molecule has 0 saturated heterocycles. The zero-order valence-electron chi connectivity index (χ0n) is 38.2. The largest absolute Gasteiger partial charge is 0.308 e. The Bertz CT molecular complexity index is 3910. The van der Waals surface area contributed by atoms with Gasteiger partial charge < -0.3 is 9.13 Å². The van der Waals surface area contributed by atoms with E-state index in [2.05, 4.69) is 115 Å². The van der Waals surface area contributed by atoms with Gasteiger partial charge in [-0.25, -0.2) is 9.69 Å². The van der Waals surface area contributed by atoms with Gasteiger partial charge in [-0.1, -0.05) is 97.1 Å². The van der Waals surface area contributed by atoms with Crippen molar-refractivity contribution in [2.24, 2.45) is 0 Å². The third-order valence-corrected chi connectivity index (χ3v) is 13.6. The lowest BCUT2D eigenvalue weighted by Crippen LogP contribution is -2.05. The smallest absolute Gasteiger partial charge is 0.187 e. The minimum absolute atomic E-state index is 0.472. The van der Waals surface area contributed by atoms with E-state index in [1.54, 1.807) is 12.4 Å². The summed E-state index contributed by atoms with van der Waals surface area (Å²) in [6.45, 7) is 15.1. The first kappa shape index (κ1) is 42.5. The van der Waals surface area contributed by atoms with Crippen LogP contribution in [0.1, 0.15) is 16.7 Å². The zero-order chi connectivity index (χ0) is 48.9. The van der Waals surface area contributed by atoms with E-state index in [-0.39, 0.29) is 0 Å². The molecule has 8 nitrogen and oxygen atoms in total. The molecule has 12 rings (SSSR count). The van der Waals surface area contributed by atoms with Crippen molar-refractivity contribution in [2.75, 3.05) is 0 Å². The van der Waals surface area contributed by atoms with Crippen molar-refractivity contribution in [1.29, 1.82) is 15.8 Å². The molecule has 330 valence electrons. The number of fused-ring (bicyclic) bond motifs is 6. The van der Waals surface area contributed by atoms with Gasteiger partial charge in [-0.15, -0.1) is 0 Å². The van der Waals surface area contributed by atoms with Gasteiger partial charge in [-0.3, -0.25) is 4.98 Å². The van der Waals surface area contributed by atoms with E-state index in [0.717, 1.165) is 111 Å². The predicted octanol–water partition coefficient (Wildman–Crippen LogP) is 16.3. The van der Waals surface area contributed by atoms with Crippen LogP contribution in [0.15, 0.2) is 207 Å². The Morgan fingerprint density at radius 3 is 0.944 bits per heavy atom. The minimum atomic E-state index is 0.472. The molecule has 0 atom stereocenters. The highest BCUT2D eigenvalue weighted by Gasteiger charge is 2.24. The zero-order valence-corrected chi connectivity index (χ0v) is 38.2. The maximum atomic E-state index is 11.0. The van der Waals surface area contributed by atoms with Crippen molar-refractivity contribution < 1.29 is 0 Å². The van der Waals surface area contributed by atoms with Crippen molar-refractivity contribution in [1.82, 2.24) is 14.1 Å². The second-order valence-electron chi connectivity index (χ2n) is 17.5. The van der Waals surface area contributed by atoms with Crippen molar-refractivity contribution >= 4 is 55.0 Å². The summed E-state index contributed by atoms with van der Waals surface area (Å²) in [4.78, 5) is 11.7. The highest BCUT2D eigenvalue weighted by Crippen LogP contribution is 2.45. The molecule has 0 radical (unpaired) electrons. The third kappa shape index (κ3) is 7.17. The van der Waals surface area contributed by atoms with Gasteiger partial charge in [-0.2, -0.15) is 15.8 Å². The third-order valence-electron chi connectivity index (χ3n) is 13.6. The summed E-state index contributed by atoms with van der Waals surface area (Å²) in [5.74, 6) is 0. The van der Waals surface area contributed by atoms with Crippen LogP contribution in [0, 0.1) is 47.1 Å². The Labute approximate surface area is 414 Å². The SMILES string of the molecule is [C-]#[N+]c1ccc(-c2ccc3c(c2)c2cc(-c4ccc([N+]#[C-])cc4)ccc2n3-c2cc(C#N)cc(-n3c4ccc(-c5ccc(C#N)cc5)cc4c4cc(-c5ccc(C#N)cc5)ccc43)c2-c2ccncc2)cc1. The molecule has 0 saturated carbocycles. The summed E-state index contributed by atoms with van der Waals surface area (Å²) in [6.07, 6.45) is 3.59. The highest BCUT2D eigenvalue weighted by atomic mass is 15.0. The fourth-order valence-corrected chi connectivity index (χ4v) is 10.1. The molecule has 0 bridgehead atoms. The molecule has 0 unspecified atom stereocenters. The van der Waals surface area contributed by atoms with E-state index in [0.29, 0.717) is 28.1 Å². The molecule has 0 N–H and O–H groups in total. The standard InChI is InChI=1S/C64H34N8/c1-68-52-19-11-45(12-20-52)50-17-25-60-56(35-50)57-36-51(46-13-21-53(69-2)22-14-46)18-26-61(57)72(60)63-32-42(39-67)31-62(64(63)47-27-29-70-30-28-47)71-58-23-15-48(43-7-3-40(37-65)4-8-43)33-54(58)55-34-49(16-24-59(55)71)44-9-5-41(38-66)6-10-44/h3-36H. The molecule has 9 aromatic carbocycles. The number of hydrogen-bond donors (Lipinski definition) is 0. The van der Waals surface area contributed by atoms with E-state index in [1.807, 2.05) is 121 Å². The molecule has 12 aromatic rings. The van der Waals surface area contributed by atoms with E-state index >= 15 is 0 Å². The second kappa shape index (κ2) is 17.4. The molecule has 0 aliphatic heterocycles. The first-order valence-corrected chi connectivity index (χ1v) is 23.1. The van der Waals surface area contributed by atoms with E-state index in [9.17, 15) is 15.8 Å². The van der Waals surface area contributed by atoms with E-state index < -0.39 is 0 Å². The van der Waals surface area contributed by atoms with Gasteiger partial charge in [0.2, 0.25) is 0 Å². The van der Waals surface area contributed by atoms with Crippen molar-refractivity contribution in [3.8, 4) is 85.2 Å². The van der Waals surface area contributed by atoms with Gasteiger partial charge >= 0.3 is 0 Å². The molecule has 3 heterocycles. The number of nitrogens with zero attached hydrogens (tertiary/aromatic N) is 8. The molecule has 8 heteroatoms. The Morgan fingerprint density at radius 2 is 0.639 bits per heavy atom. The van der Waals surface area contributed by atoms with Gasteiger partial charge in [0.05, 0.1) is 81.5 Å². The number of rotatable bonds is 7. The van der Waals surface area contributed by atoms with Gasteiger partial charge in [0.1, 0.15) is 0 Å². The summed E-state index contributed by atoms with van der Waals surface area (Å²) in [6, 6.07) is 71.3. The predicted molar refractivity (Wildman–Crippen MR) is 287 cm³/mol. The number of aromatic nitrogens is 3. The average molecular weight is 915 g/mol. The van der Waals surface area contributed by atoms with Crippen molar-refractivity contribution in [3.63, 3.8) is 0 Å². The maximum absolute atomic E-state index is 11.0. The van der Waals surface area contributed by atoms with Gasteiger partial charge in [-0.05, 0) is 147 Å².